The van der Waals surface area contributed by atoms with Gasteiger partial charge in [0, 0.05) is 42.9 Å². The number of nitrogens with zero attached hydrogens (tertiary/aromatic N) is 3. The van der Waals surface area contributed by atoms with E-state index in [0.717, 1.165) is 40.6 Å². The van der Waals surface area contributed by atoms with Crippen LogP contribution in [-0.4, -0.2) is 68.6 Å². The molecule has 0 radical (unpaired) electrons. The molecule has 2 atom stereocenters. The molecule has 2 aliphatic heterocycles. The second-order valence-corrected chi connectivity index (χ2v) is 13.3. The Kier molecular flexibility index (Phi) is 10.2. The molecular formula is C41H42N6O4. The first-order valence-corrected chi connectivity index (χ1v) is 17.8. The van der Waals surface area contributed by atoms with Gasteiger partial charge in [0.25, 0.3) is 0 Å². The first-order chi connectivity index (χ1) is 24.9. The van der Waals surface area contributed by atoms with E-state index < -0.39 is 12.1 Å². The van der Waals surface area contributed by atoms with Gasteiger partial charge in [-0.05, 0) is 92.1 Å². The van der Waals surface area contributed by atoms with Gasteiger partial charge in [-0.1, -0.05) is 60.7 Å². The highest BCUT2D eigenvalue weighted by Crippen LogP contribution is 2.27. The number of nitrogens with one attached hydrogen (secondary N) is 3. The van der Waals surface area contributed by atoms with Gasteiger partial charge in [-0.2, -0.15) is 0 Å². The largest absolute Gasteiger partial charge is 0.338 e. The number of H-pyrrole nitrogens is 1. The van der Waals surface area contributed by atoms with Crippen molar-refractivity contribution in [3.8, 4) is 11.4 Å². The van der Waals surface area contributed by atoms with Gasteiger partial charge in [0.2, 0.25) is 23.6 Å². The Morgan fingerprint density at radius 1 is 0.647 bits per heavy atom. The molecule has 0 spiro atoms. The van der Waals surface area contributed by atoms with Crippen LogP contribution in [0.3, 0.4) is 0 Å². The predicted octanol–water partition coefficient (Wildman–Crippen LogP) is 6.35. The predicted molar refractivity (Wildman–Crippen MR) is 198 cm³/mol. The summed E-state index contributed by atoms with van der Waals surface area (Å²) in [6.07, 6.45) is 4.95. The standard InChI is InChI=1S/C41H42N6O4/c48-37(23-15-28-9-3-1-4-10-28)46-25-7-13-35(46)40(50)42-31-19-17-30(18-20-31)39-44-33-22-21-32(27-34(33)45-39)43-41(51)36-14-8-26-47(36)38(49)24-16-29-11-5-2-6-12-29/h1-6,9-12,17-22,27,35-36H,7-8,13-16,23-26H2,(H,42,50)(H,43,51)(H,44,45)/t35-,36-/m0/s1. The van der Waals surface area contributed by atoms with Crippen molar-refractivity contribution in [2.75, 3.05) is 23.7 Å². The minimum atomic E-state index is -0.489. The number of aromatic amines is 1. The van der Waals surface area contributed by atoms with E-state index >= 15 is 0 Å². The summed E-state index contributed by atoms with van der Waals surface area (Å²) in [6, 6.07) is 31.8. The van der Waals surface area contributed by atoms with Crippen molar-refractivity contribution in [3.05, 3.63) is 114 Å². The molecule has 5 aromatic rings. The SMILES string of the molecule is O=C(Nc1ccc(-c2nc3ccc(NC(=O)[C@@H]4CCCN4C(=O)CCc4ccccc4)cc3[nH]2)cc1)[C@@H]1CCCN1C(=O)CCc1ccccc1. The molecule has 0 unspecified atom stereocenters. The molecule has 0 aliphatic carbocycles. The number of anilines is 2. The highest BCUT2D eigenvalue weighted by atomic mass is 16.2. The highest BCUT2D eigenvalue weighted by Gasteiger charge is 2.35. The van der Waals surface area contributed by atoms with Crippen molar-refractivity contribution < 1.29 is 19.2 Å². The Hall–Kier alpha value is -5.77. The summed E-state index contributed by atoms with van der Waals surface area (Å²) in [6.45, 7) is 1.18. The van der Waals surface area contributed by atoms with E-state index in [1.807, 2.05) is 103 Å². The summed E-state index contributed by atoms with van der Waals surface area (Å²) in [5.74, 6) is 0.298. The van der Waals surface area contributed by atoms with E-state index in [1.54, 1.807) is 9.80 Å². The van der Waals surface area contributed by atoms with Gasteiger partial charge in [-0.3, -0.25) is 19.2 Å². The first kappa shape index (κ1) is 33.7. The molecule has 51 heavy (non-hydrogen) atoms. The number of rotatable bonds is 11. The van der Waals surface area contributed by atoms with E-state index in [4.69, 9.17) is 4.98 Å². The second kappa shape index (κ2) is 15.4. The Bertz CT molecular complexity index is 2010. The second-order valence-electron chi connectivity index (χ2n) is 13.3. The zero-order valence-corrected chi connectivity index (χ0v) is 28.5. The van der Waals surface area contributed by atoms with Crippen LogP contribution in [0, 0.1) is 0 Å². The molecule has 1 aromatic heterocycles. The van der Waals surface area contributed by atoms with Crippen molar-refractivity contribution in [2.24, 2.45) is 0 Å². The van der Waals surface area contributed by atoms with E-state index in [-0.39, 0.29) is 23.6 Å². The van der Waals surface area contributed by atoms with E-state index in [0.29, 0.717) is 68.8 Å². The molecule has 10 nitrogen and oxygen atoms in total. The fourth-order valence-corrected chi connectivity index (χ4v) is 7.14. The van der Waals surface area contributed by atoms with Crippen LogP contribution in [0.25, 0.3) is 22.4 Å². The first-order valence-electron chi connectivity index (χ1n) is 17.8. The number of imidazole rings is 1. The maximum Gasteiger partial charge on any atom is 0.247 e. The normalized spacial score (nSPS) is 17.1. The summed E-state index contributed by atoms with van der Waals surface area (Å²) in [4.78, 5) is 64.1. The number of amides is 4. The molecule has 2 saturated heterocycles. The van der Waals surface area contributed by atoms with Crippen LogP contribution in [0.5, 0.6) is 0 Å². The van der Waals surface area contributed by atoms with Crippen LogP contribution in [0.4, 0.5) is 11.4 Å². The quantitative estimate of drug-likeness (QED) is 0.150. The van der Waals surface area contributed by atoms with Crippen molar-refractivity contribution in [2.45, 2.75) is 63.5 Å². The number of carbonyl (C=O) groups is 4. The van der Waals surface area contributed by atoms with Gasteiger partial charge in [0.1, 0.15) is 17.9 Å². The molecule has 3 N–H and O–H groups in total. The summed E-state index contributed by atoms with van der Waals surface area (Å²) in [7, 11) is 0. The molecule has 3 heterocycles. The molecule has 0 bridgehead atoms. The van der Waals surface area contributed by atoms with Crippen LogP contribution in [0.2, 0.25) is 0 Å². The highest BCUT2D eigenvalue weighted by molar-refractivity contribution is 5.99. The zero-order valence-electron chi connectivity index (χ0n) is 28.5. The van der Waals surface area contributed by atoms with Crippen LogP contribution in [0.15, 0.2) is 103 Å². The number of likely N-dealkylation sites (tertiary alicyclic amines) is 2. The van der Waals surface area contributed by atoms with Crippen molar-refractivity contribution in [1.29, 1.82) is 0 Å². The molecule has 2 fully saturated rings. The van der Waals surface area contributed by atoms with E-state index in [1.165, 1.54) is 0 Å². The molecule has 10 heteroatoms. The number of aryl methyl sites for hydroxylation is 2. The van der Waals surface area contributed by atoms with E-state index in [9.17, 15) is 19.2 Å². The number of hydrogen-bond donors (Lipinski definition) is 3. The van der Waals surface area contributed by atoms with Gasteiger partial charge >= 0.3 is 0 Å². The minimum Gasteiger partial charge on any atom is -0.338 e. The van der Waals surface area contributed by atoms with Crippen molar-refractivity contribution in [3.63, 3.8) is 0 Å². The smallest absolute Gasteiger partial charge is 0.247 e. The summed E-state index contributed by atoms with van der Waals surface area (Å²) >= 11 is 0. The van der Waals surface area contributed by atoms with Crippen LogP contribution in [-0.2, 0) is 32.0 Å². The molecular weight excluding hydrogens is 640 g/mol. The van der Waals surface area contributed by atoms with Crippen LogP contribution >= 0.6 is 0 Å². The summed E-state index contributed by atoms with van der Waals surface area (Å²) in [5, 5.41) is 6.00. The fourth-order valence-electron chi connectivity index (χ4n) is 7.14. The lowest BCUT2D eigenvalue weighted by atomic mass is 10.1. The lowest BCUT2D eigenvalue weighted by molar-refractivity contribution is -0.136. The molecule has 2 aliphatic rings. The zero-order chi connectivity index (χ0) is 35.2. The average Bonchev–Trinajstić information content (AvgIpc) is 3.94. The number of benzene rings is 4. The van der Waals surface area contributed by atoms with Gasteiger partial charge in [0.15, 0.2) is 0 Å². The average molecular weight is 683 g/mol. The van der Waals surface area contributed by atoms with E-state index in [2.05, 4.69) is 15.6 Å². The number of aromatic nitrogens is 2. The third kappa shape index (κ3) is 8.01. The minimum absolute atomic E-state index is 0.000824. The summed E-state index contributed by atoms with van der Waals surface area (Å²) < 4.78 is 0. The van der Waals surface area contributed by atoms with Gasteiger partial charge in [-0.15, -0.1) is 0 Å². The maximum atomic E-state index is 13.3. The Balaban J connectivity index is 0.939. The molecule has 7 rings (SSSR count). The third-order valence-electron chi connectivity index (χ3n) is 9.87. The molecule has 260 valence electrons. The van der Waals surface area contributed by atoms with Crippen molar-refractivity contribution in [1.82, 2.24) is 19.8 Å². The monoisotopic (exact) mass is 682 g/mol. The summed E-state index contributed by atoms with van der Waals surface area (Å²) in [5.41, 5.74) is 5.84. The lowest BCUT2D eigenvalue weighted by Gasteiger charge is -2.24. The Morgan fingerprint density at radius 2 is 1.16 bits per heavy atom. The fraction of sp³-hybridized carbons (Fsp3) is 0.293. The number of hydrogen-bond acceptors (Lipinski definition) is 5. The van der Waals surface area contributed by atoms with Gasteiger partial charge < -0.3 is 25.4 Å². The molecule has 4 aromatic carbocycles. The Labute approximate surface area is 297 Å². The van der Waals surface area contributed by atoms with Gasteiger partial charge in [0.05, 0.1) is 11.0 Å². The number of carbonyl (C=O) groups excluding carboxylic acids is 4. The molecule has 4 amide bonds. The number of fused-ring (bicyclic) bond motifs is 1. The lowest BCUT2D eigenvalue weighted by Crippen LogP contribution is -2.43. The van der Waals surface area contributed by atoms with Crippen molar-refractivity contribution >= 4 is 46.0 Å². The Morgan fingerprint density at radius 3 is 1.71 bits per heavy atom. The third-order valence-corrected chi connectivity index (χ3v) is 9.87. The maximum absolute atomic E-state index is 13.3. The van der Waals surface area contributed by atoms with Gasteiger partial charge in [-0.25, -0.2) is 4.98 Å². The topological polar surface area (TPSA) is 128 Å². The van der Waals surface area contributed by atoms with Crippen LogP contribution < -0.4 is 10.6 Å². The molecule has 0 saturated carbocycles. The van der Waals surface area contributed by atoms with Crippen LogP contribution in [0.1, 0.15) is 49.7 Å².